The largest absolute Gasteiger partial charge is 0.289 e. The van der Waals surface area contributed by atoms with Gasteiger partial charge in [0.15, 0.2) is 5.78 Å². The van der Waals surface area contributed by atoms with E-state index in [1.807, 2.05) is 18.2 Å². The molecule has 6 heteroatoms. The van der Waals surface area contributed by atoms with Gasteiger partial charge in [0.1, 0.15) is 10.6 Å². The lowest BCUT2D eigenvalue weighted by Crippen LogP contribution is -2.16. The molecule has 3 nitrogen and oxygen atoms in total. The molecule has 0 aliphatic carbocycles. The number of benzene rings is 2. The van der Waals surface area contributed by atoms with Crippen LogP contribution in [0.15, 0.2) is 75.3 Å². The summed E-state index contributed by atoms with van der Waals surface area (Å²) >= 11 is 4.78. The molecule has 4 aromatic rings. The molecule has 0 aliphatic rings. The Hall–Kier alpha value is -2.57. The van der Waals surface area contributed by atoms with Gasteiger partial charge in [-0.25, -0.2) is 4.39 Å². The molecule has 0 amide bonds. The molecular formula is C20H11BrFNO2S. The monoisotopic (exact) mass is 427 g/mol. The van der Waals surface area contributed by atoms with Crippen LogP contribution in [0.25, 0.3) is 15.9 Å². The summed E-state index contributed by atoms with van der Waals surface area (Å²) in [4.78, 5) is 26.0. The van der Waals surface area contributed by atoms with E-state index >= 15 is 0 Å². The Bertz CT molecular complexity index is 1180. The van der Waals surface area contributed by atoms with Gasteiger partial charge in [-0.15, -0.1) is 11.3 Å². The highest BCUT2D eigenvalue weighted by Crippen LogP contribution is 2.37. The van der Waals surface area contributed by atoms with Gasteiger partial charge in [0, 0.05) is 17.0 Å². The number of carbonyl (C=O) groups is 1. The zero-order valence-corrected chi connectivity index (χ0v) is 15.7. The second kappa shape index (κ2) is 6.63. The van der Waals surface area contributed by atoms with Crippen molar-refractivity contribution in [2.75, 3.05) is 0 Å². The van der Waals surface area contributed by atoms with E-state index < -0.39 is 0 Å². The molecule has 0 spiro atoms. The van der Waals surface area contributed by atoms with E-state index in [2.05, 4.69) is 15.9 Å². The first-order valence-corrected chi connectivity index (χ1v) is 9.37. The molecule has 0 saturated heterocycles. The highest BCUT2D eigenvalue weighted by atomic mass is 79.9. The normalized spacial score (nSPS) is 11.0. The van der Waals surface area contributed by atoms with Gasteiger partial charge in [-0.05, 0) is 46.3 Å². The van der Waals surface area contributed by atoms with Crippen LogP contribution in [0.4, 0.5) is 4.39 Å². The van der Waals surface area contributed by atoms with E-state index in [-0.39, 0.29) is 17.2 Å². The molecule has 0 N–H and O–H groups in total. The third kappa shape index (κ3) is 2.81. The molecule has 128 valence electrons. The summed E-state index contributed by atoms with van der Waals surface area (Å²) in [7, 11) is 0. The molecule has 0 atom stereocenters. The summed E-state index contributed by atoms with van der Waals surface area (Å²) in [6.45, 7) is 0. The van der Waals surface area contributed by atoms with Gasteiger partial charge >= 0.3 is 0 Å². The quantitative estimate of drug-likeness (QED) is 0.422. The van der Waals surface area contributed by atoms with Crippen LogP contribution in [-0.4, -0.2) is 10.4 Å². The molecular weight excluding hydrogens is 417 g/mol. The lowest BCUT2D eigenvalue weighted by Gasteiger charge is -2.07. The highest BCUT2D eigenvalue weighted by Gasteiger charge is 2.21. The molecule has 0 radical (unpaired) electrons. The van der Waals surface area contributed by atoms with Gasteiger partial charge < -0.3 is 0 Å². The smallest absolute Gasteiger partial charge is 0.256 e. The number of fused-ring (bicyclic) bond motifs is 1. The number of ketones is 1. The summed E-state index contributed by atoms with van der Waals surface area (Å²) in [5, 5.41) is 0.680. The molecule has 0 saturated carbocycles. The average molecular weight is 428 g/mol. The lowest BCUT2D eigenvalue weighted by molar-refractivity contribution is 0.104. The van der Waals surface area contributed by atoms with Crippen molar-refractivity contribution in [2.24, 2.45) is 0 Å². The number of rotatable bonds is 3. The van der Waals surface area contributed by atoms with Gasteiger partial charge in [-0.1, -0.05) is 30.3 Å². The molecule has 2 aromatic carbocycles. The van der Waals surface area contributed by atoms with Crippen molar-refractivity contribution in [3.63, 3.8) is 0 Å². The number of carbonyl (C=O) groups excluding carboxylic acids is 1. The number of thiophene rings is 1. The van der Waals surface area contributed by atoms with Crippen molar-refractivity contribution in [3.8, 4) is 5.69 Å². The molecule has 26 heavy (non-hydrogen) atoms. The minimum Gasteiger partial charge on any atom is -0.289 e. The number of hydrogen-bond donors (Lipinski definition) is 0. The maximum absolute atomic E-state index is 13.2. The molecule has 0 aliphatic heterocycles. The van der Waals surface area contributed by atoms with Gasteiger partial charge in [-0.2, -0.15) is 0 Å². The first kappa shape index (κ1) is 16.9. The van der Waals surface area contributed by atoms with E-state index in [9.17, 15) is 14.0 Å². The molecule has 2 heterocycles. The van der Waals surface area contributed by atoms with Crippen molar-refractivity contribution >= 4 is 43.3 Å². The van der Waals surface area contributed by atoms with E-state index in [0.717, 1.165) is 0 Å². The Kier molecular flexibility index (Phi) is 4.30. The Morgan fingerprint density at radius 3 is 2.35 bits per heavy atom. The first-order valence-electron chi connectivity index (χ1n) is 7.76. The maximum Gasteiger partial charge on any atom is 0.256 e. The Balaban J connectivity index is 1.97. The lowest BCUT2D eigenvalue weighted by atomic mass is 10.0. The Morgan fingerprint density at radius 1 is 0.962 bits per heavy atom. The summed E-state index contributed by atoms with van der Waals surface area (Å²) in [6, 6.07) is 17.8. The summed E-state index contributed by atoms with van der Waals surface area (Å²) in [5.74, 6) is -0.491. The van der Waals surface area contributed by atoms with Crippen LogP contribution >= 0.6 is 27.3 Å². The number of nitrogens with zero attached hydrogens (tertiary/aromatic N) is 1. The SMILES string of the molecule is O=C(c1ccccc1)c1c(Br)sc2c1ccc(=O)n2-c1ccc(F)cc1. The van der Waals surface area contributed by atoms with Crippen LogP contribution in [-0.2, 0) is 0 Å². The number of hydrogen-bond acceptors (Lipinski definition) is 3. The van der Waals surface area contributed by atoms with Crippen molar-refractivity contribution in [1.82, 2.24) is 4.57 Å². The summed E-state index contributed by atoms with van der Waals surface area (Å²) < 4.78 is 15.4. The molecule has 4 rings (SSSR count). The molecule has 0 fully saturated rings. The van der Waals surface area contributed by atoms with Crippen LogP contribution in [0.5, 0.6) is 0 Å². The highest BCUT2D eigenvalue weighted by molar-refractivity contribution is 9.11. The van der Waals surface area contributed by atoms with Gasteiger partial charge in [-0.3, -0.25) is 14.2 Å². The van der Waals surface area contributed by atoms with Crippen molar-refractivity contribution in [3.05, 3.63) is 97.8 Å². The predicted molar refractivity (Wildman–Crippen MR) is 105 cm³/mol. The Morgan fingerprint density at radius 2 is 1.65 bits per heavy atom. The number of pyridine rings is 1. The third-order valence-electron chi connectivity index (χ3n) is 4.05. The molecule has 0 unspecified atom stereocenters. The van der Waals surface area contributed by atoms with Crippen molar-refractivity contribution in [1.29, 1.82) is 0 Å². The fourth-order valence-electron chi connectivity index (χ4n) is 2.83. The van der Waals surface area contributed by atoms with Crippen molar-refractivity contribution < 1.29 is 9.18 Å². The minimum atomic E-state index is -0.374. The van der Waals surface area contributed by atoms with Crippen molar-refractivity contribution in [2.45, 2.75) is 0 Å². The van der Waals surface area contributed by atoms with Crippen LogP contribution in [0.2, 0.25) is 0 Å². The zero-order valence-electron chi connectivity index (χ0n) is 13.3. The number of aromatic nitrogens is 1. The zero-order chi connectivity index (χ0) is 18.3. The first-order chi connectivity index (χ1) is 12.6. The van der Waals surface area contributed by atoms with Gasteiger partial charge in [0.25, 0.3) is 5.56 Å². The van der Waals surface area contributed by atoms with Crippen LogP contribution in [0.1, 0.15) is 15.9 Å². The van der Waals surface area contributed by atoms with E-state index in [1.54, 1.807) is 30.3 Å². The van der Waals surface area contributed by atoms with Gasteiger partial charge in [0.2, 0.25) is 0 Å². The van der Waals surface area contributed by atoms with E-state index in [1.165, 1.54) is 34.1 Å². The third-order valence-corrected chi connectivity index (χ3v) is 5.91. The second-order valence-corrected chi connectivity index (χ2v) is 7.97. The van der Waals surface area contributed by atoms with Crippen LogP contribution < -0.4 is 5.56 Å². The summed E-state index contributed by atoms with van der Waals surface area (Å²) in [5.41, 5.74) is 1.41. The number of halogens is 2. The van der Waals surface area contributed by atoms with E-state index in [0.29, 0.717) is 30.8 Å². The van der Waals surface area contributed by atoms with Crippen LogP contribution in [0.3, 0.4) is 0 Å². The second-order valence-electron chi connectivity index (χ2n) is 5.65. The standard InChI is InChI=1S/C20H11BrFNO2S/c21-19-17(18(25)12-4-2-1-3-5-12)15-10-11-16(24)23(20(15)26-19)14-8-6-13(22)7-9-14/h1-11H. The maximum atomic E-state index is 13.2. The Labute approximate surface area is 160 Å². The van der Waals surface area contributed by atoms with Gasteiger partial charge in [0.05, 0.1) is 15.0 Å². The minimum absolute atomic E-state index is 0.118. The predicted octanol–water partition coefficient (Wildman–Crippen LogP) is 5.18. The van der Waals surface area contributed by atoms with Crippen LogP contribution in [0, 0.1) is 5.82 Å². The fraction of sp³-hybridized carbons (Fsp3) is 0. The summed E-state index contributed by atoms with van der Waals surface area (Å²) in [6.07, 6.45) is 0. The molecule has 2 aromatic heterocycles. The average Bonchev–Trinajstić information content (AvgIpc) is 2.98. The topological polar surface area (TPSA) is 39.1 Å². The fourth-order valence-corrected chi connectivity index (χ4v) is 4.73. The van der Waals surface area contributed by atoms with E-state index in [4.69, 9.17) is 0 Å². The molecule has 0 bridgehead atoms.